The molecule has 0 radical (unpaired) electrons. The highest BCUT2D eigenvalue weighted by atomic mass is 79.9. The summed E-state index contributed by atoms with van der Waals surface area (Å²) in [6, 6.07) is 17.7. The molecule has 0 aliphatic rings. The number of nitroso groups, excluding NO2 is 1. The SMILES string of the molecule is O=CCOc1cc(OCc2cccc(-c3ccccc3)c2Br)c(Cl)cc1CNC(CN=O)C(=O)O. The maximum atomic E-state index is 11.3. The van der Waals surface area contributed by atoms with Crippen molar-refractivity contribution < 1.29 is 24.2 Å². The zero-order chi connectivity index (χ0) is 25.2. The fourth-order valence-corrected chi connectivity index (χ4v) is 4.16. The molecule has 1 unspecified atom stereocenters. The first-order valence-corrected chi connectivity index (χ1v) is 11.7. The van der Waals surface area contributed by atoms with Gasteiger partial charge in [0.2, 0.25) is 0 Å². The number of aldehydes is 1. The molecule has 8 nitrogen and oxygen atoms in total. The average Bonchev–Trinajstić information content (AvgIpc) is 2.86. The molecule has 10 heteroatoms. The van der Waals surface area contributed by atoms with Crippen LogP contribution >= 0.6 is 27.5 Å². The topological polar surface area (TPSA) is 114 Å². The molecule has 0 saturated heterocycles. The molecule has 1 atom stereocenters. The molecule has 0 bridgehead atoms. The van der Waals surface area contributed by atoms with Crippen molar-refractivity contribution in [1.29, 1.82) is 0 Å². The molecule has 182 valence electrons. The second-order valence-corrected chi connectivity index (χ2v) is 8.58. The summed E-state index contributed by atoms with van der Waals surface area (Å²) in [6.07, 6.45) is 0.592. The lowest BCUT2D eigenvalue weighted by atomic mass is 10.0. The number of hydrogen-bond acceptors (Lipinski definition) is 7. The fourth-order valence-electron chi connectivity index (χ4n) is 3.31. The van der Waals surface area contributed by atoms with Crippen molar-refractivity contribution in [3.8, 4) is 22.6 Å². The molecule has 0 amide bonds. The van der Waals surface area contributed by atoms with Gasteiger partial charge in [0.05, 0.1) is 5.02 Å². The van der Waals surface area contributed by atoms with Crippen LogP contribution < -0.4 is 14.8 Å². The minimum Gasteiger partial charge on any atom is -0.487 e. The van der Waals surface area contributed by atoms with Crippen LogP contribution in [0.2, 0.25) is 5.02 Å². The third-order valence-electron chi connectivity index (χ3n) is 5.06. The monoisotopic (exact) mass is 560 g/mol. The Morgan fingerprint density at radius 2 is 1.86 bits per heavy atom. The molecular formula is C25H22BrClN2O6. The summed E-state index contributed by atoms with van der Waals surface area (Å²) < 4.78 is 12.4. The van der Waals surface area contributed by atoms with E-state index in [0.717, 1.165) is 21.2 Å². The molecule has 0 heterocycles. The van der Waals surface area contributed by atoms with Crippen LogP contribution in [0.4, 0.5) is 0 Å². The van der Waals surface area contributed by atoms with Crippen molar-refractivity contribution in [1.82, 2.24) is 5.32 Å². The molecule has 0 aliphatic heterocycles. The lowest BCUT2D eigenvalue weighted by Crippen LogP contribution is -2.38. The highest BCUT2D eigenvalue weighted by molar-refractivity contribution is 9.10. The van der Waals surface area contributed by atoms with E-state index in [2.05, 4.69) is 26.4 Å². The third-order valence-corrected chi connectivity index (χ3v) is 6.29. The number of halogens is 2. The molecular weight excluding hydrogens is 540 g/mol. The molecule has 3 aromatic carbocycles. The lowest BCUT2D eigenvalue weighted by Gasteiger charge is -2.17. The Bertz CT molecular complexity index is 1190. The van der Waals surface area contributed by atoms with Crippen molar-refractivity contribution in [2.75, 3.05) is 13.2 Å². The number of rotatable bonds is 13. The van der Waals surface area contributed by atoms with Gasteiger partial charge in [-0.3, -0.25) is 14.9 Å². The van der Waals surface area contributed by atoms with Gasteiger partial charge in [-0.2, -0.15) is 4.91 Å². The van der Waals surface area contributed by atoms with E-state index in [1.54, 1.807) is 12.1 Å². The number of benzene rings is 3. The number of carboxylic acid groups (broad SMARTS) is 1. The third kappa shape index (κ3) is 7.11. The number of hydrogen-bond donors (Lipinski definition) is 2. The van der Waals surface area contributed by atoms with Gasteiger partial charge in [-0.25, -0.2) is 0 Å². The van der Waals surface area contributed by atoms with E-state index in [9.17, 15) is 19.6 Å². The first-order chi connectivity index (χ1) is 16.9. The van der Waals surface area contributed by atoms with Crippen LogP contribution in [0.1, 0.15) is 11.1 Å². The molecule has 0 aliphatic carbocycles. The molecule has 35 heavy (non-hydrogen) atoms. The number of carbonyl (C=O) groups is 2. The second kappa shape index (κ2) is 13.0. The second-order valence-electron chi connectivity index (χ2n) is 7.38. The summed E-state index contributed by atoms with van der Waals surface area (Å²) in [5.74, 6) is -0.587. The smallest absolute Gasteiger partial charge is 0.322 e. The van der Waals surface area contributed by atoms with E-state index in [1.165, 1.54) is 0 Å². The number of ether oxygens (including phenoxy) is 2. The number of carbonyl (C=O) groups excluding carboxylic acids is 1. The van der Waals surface area contributed by atoms with Crippen LogP contribution in [0.25, 0.3) is 11.1 Å². The largest absolute Gasteiger partial charge is 0.487 e. The number of aliphatic carboxylic acids is 1. The van der Waals surface area contributed by atoms with E-state index in [0.29, 0.717) is 23.3 Å². The first kappa shape index (κ1) is 26.3. The predicted octanol–water partition coefficient (Wildman–Crippen LogP) is 5.24. The summed E-state index contributed by atoms with van der Waals surface area (Å²) in [7, 11) is 0. The maximum absolute atomic E-state index is 11.3. The highest BCUT2D eigenvalue weighted by Gasteiger charge is 2.19. The average molecular weight is 562 g/mol. The Kier molecular flexibility index (Phi) is 9.77. The Morgan fingerprint density at radius 1 is 1.09 bits per heavy atom. The van der Waals surface area contributed by atoms with Gasteiger partial charge in [-0.15, -0.1) is 0 Å². The van der Waals surface area contributed by atoms with Crippen molar-refractivity contribution >= 4 is 39.8 Å². The van der Waals surface area contributed by atoms with Crippen LogP contribution in [-0.2, 0) is 22.7 Å². The van der Waals surface area contributed by atoms with Gasteiger partial charge in [0, 0.05) is 28.2 Å². The van der Waals surface area contributed by atoms with Crippen LogP contribution in [0, 0.1) is 4.91 Å². The van der Waals surface area contributed by atoms with Gasteiger partial charge >= 0.3 is 5.97 Å². The van der Waals surface area contributed by atoms with Crippen LogP contribution in [0.15, 0.2) is 70.3 Å². The van der Waals surface area contributed by atoms with Gasteiger partial charge in [-0.05, 0) is 33.1 Å². The van der Waals surface area contributed by atoms with Gasteiger partial charge in [0.1, 0.15) is 37.3 Å². The fraction of sp³-hybridized carbons (Fsp3) is 0.200. The van der Waals surface area contributed by atoms with E-state index in [-0.39, 0.29) is 24.8 Å². The Labute approximate surface area is 215 Å². The van der Waals surface area contributed by atoms with E-state index >= 15 is 0 Å². The molecule has 0 fully saturated rings. The molecule has 0 spiro atoms. The minimum absolute atomic E-state index is 0.0192. The van der Waals surface area contributed by atoms with Gasteiger partial charge < -0.3 is 14.6 Å². The van der Waals surface area contributed by atoms with Gasteiger partial charge in [0.25, 0.3) is 0 Å². The summed E-state index contributed by atoms with van der Waals surface area (Å²) in [6.45, 7) is -0.425. The number of nitrogens with one attached hydrogen (secondary N) is 1. The van der Waals surface area contributed by atoms with Crippen LogP contribution in [0.3, 0.4) is 0 Å². The normalized spacial score (nSPS) is 11.5. The summed E-state index contributed by atoms with van der Waals surface area (Å²) in [4.78, 5) is 32.6. The Hall–Kier alpha value is -3.27. The predicted molar refractivity (Wildman–Crippen MR) is 136 cm³/mol. The van der Waals surface area contributed by atoms with E-state index in [4.69, 9.17) is 21.1 Å². The minimum atomic E-state index is -1.21. The number of nitrogens with zero attached hydrogens (tertiary/aromatic N) is 1. The van der Waals surface area contributed by atoms with Gasteiger partial charge in [0.15, 0.2) is 6.29 Å². The van der Waals surface area contributed by atoms with Gasteiger partial charge in [-0.1, -0.05) is 65.3 Å². The molecule has 0 aromatic heterocycles. The molecule has 2 N–H and O–H groups in total. The maximum Gasteiger partial charge on any atom is 0.322 e. The van der Waals surface area contributed by atoms with Crippen molar-refractivity contribution in [2.24, 2.45) is 5.18 Å². The molecule has 3 rings (SSSR count). The molecule has 0 saturated carbocycles. The zero-order valence-corrected chi connectivity index (χ0v) is 20.8. The zero-order valence-electron chi connectivity index (χ0n) is 18.4. The highest BCUT2D eigenvalue weighted by Crippen LogP contribution is 2.35. The number of carboxylic acids is 1. The Morgan fingerprint density at radius 3 is 2.54 bits per heavy atom. The molecule has 3 aromatic rings. The lowest BCUT2D eigenvalue weighted by molar-refractivity contribution is -0.139. The van der Waals surface area contributed by atoms with Crippen LogP contribution in [-0.4, -0.2) is 36.6 Å². The van der Waals surface area contributed by atoms with E-state index in [1.807, 2.05) is 48.5 Å². The summed E-state index contributed by atoms with van der Waals surface area (Å²) in [5, 5.41) is 14.8. The van der Waals surface area contributed by atoms with E-state index < -0.39 is 18.6 Å². The van der Waals surface area contributed by atoms with Crippen molar-refractivity contribution in [3.63, 3.8) is 0 Å². The summed E-state index contributed by atoms with van der Waals surface area (Å²) >= 11 is 10.1. The summed E-state index contributed by atoms with van der Waals surface area (Å²) in [5.41, 5.74) is 3.47. The van der Waals surface area contributed by atoms with Crippen molar-refractivity contribution in [2.45, 2.75) is 19.2 Å². The first-order valence-electron chi connectivity index (χ1n) is 10.5. The van der Waals surface area contributed by atoms with Crippen molar-refractivity contribution in [3.05, 3.63) is 86.2 Å². The van der Waals surface area contributed by atoms with Crippen LogP contribution in [0.5, 0.6) is 11.5 Å². The Balaban J connectivity index is 1.80. The standard InChI is InChI=1S/C25H22BrClN2O6/c26-24-17(7-4-8-19(24)16-5-2-1-3-6-16)15-35-23-12-22(34-10-9-30)18(11-20(23)27)13-28-21(14-29-33)25(31)32/h1-9,11-12,21,28H,10,13-15H2,(H,31,32). The quantitative estimate of drug-likeness (QED) is 0.217.